The van der Waals surface area contributed by atoms with Crippen LogP contribution in [0.15, 0.2) is 18.2 Å². The normalized spacial score (nSPS) is 17.9. The first-order valence-electron chi connectivity index (χ1n) is 6.24. The maximum Gasteiger partial charge on any atom is 0.0724 e. The third-order valence-corrected chi connectivity index (χ3v) is 6.19. The Morgan fingerprint density at radius 2 is 1.85 bits per heavy atom. The molecule has 1 nitrogen and oxygen atoms in total. The molecule has 1 aliphatic rings. The summed E-state index contributed by atoms with van der Waals surface area (Å²) in [6.07, 6.45) is 3.45. The summed E-state index contributed by atoms with van der Waals surface area (Å²) in [6, 6.07) is 5.97. The number of thiophene rings is 1. The molecule has 1 heterocycles. The van der Waals surface area contributed by atoms with Crippen LogP contribution in [-0.2, 0) is 6.42 Å². The number of rotatable bonds is 2. The van der Waals surface area contributed by atoms with Crippen molar-refractivity contribution < 1.29 is 0 Å². The molecule has 1 aliphatic carbocycles. The van der Waals surface area contributed by atoms with Crippen LogP contribution < -0.4 is 5.32 Å². The van der Waals surface area contributed by atoms with E-state index < -0.39 is 0 Å². The maximum absolute atomic E-state index is 6.26. The van der Waals surface area contributed by atoms with Gasteiger partial charge in [-0.3, -0.25) is 0 Å². The monoisotopic (exact) mass is 457 g/mol. The van der Waals surface area contributed by atoms with Crippen LogP contribution in [0.1, 0.15) is 29.3 Å². The summed E-state index contributed by atoms with van der Waals surface area (Å²) < 4.78 is 1.33. The Balaban J connectivity index is 1.93. The molecule has 0 saturated carbocycles. The minimum atomic E-state index is 0.273. The molecule has 0 fully saturated rings. The van der Waals surface area contributed by atoms with Gasteiger partial charge >= 0.3 is 0 Å². The Morgan fingerprint density at radius 3 is 2.55 bits per heavy atom. The van der Waals surface area contributed by atoms with E-state index in [1.54, 1.807) is 12.1 Å². The molecule has 2 aromatic rings. The van der Waals surface area contributed by atoms with E-state index in [0.29, 0.717) is 15.1 Å². The first-order chi connectivity index (χ1) is 9.54. The molecule has 1 aromatic carbocycles. The molecule has 0 bridgehead atoms. The van der Waals surface area contributed by atoms with Crippen molar-refractivity contribution in [1.29, 1.82) is 0 Å². The quantitative estimate of drug-likeness (QED) is 0.488. The third-order valence-electron chi connectivity index (χ3n) is 3.41. The Hall–Kier alpha value is 0.320. The Morgan fingerprint density at radius 1 is 1.15 bits per heavy atom. The van der Waals surface area contributed by atoms with Crippen molar-refractivity contribution in [1.82, 2.24) is 0 Å². The SMILES string of the molecule is Clc1cc(Cl)c(NC2CCCc3sc(I)cc32)c(Cl)c1. The molecule has 1 atom stereocenters. The van der Waals surface area contributed by atoms with Crippen LogP contribution in [-0.4, -0.2) is 0 Å². The second-order valence-corrected chi connectivity index (χ2v) is 9.04. The van der Waals surface area contributed by atoms with Gasteiger partial charge in [-0.2, -0.15) is 0 Å². The van der Waals surface area contributed by atoms with Gasteiger partial charge in [-0.25, -0.2) is 0 Å². The first-order valence-corrected chi connectivity index (χ1v) is 9.26. The summed E-state index contributed by atoms with van der Waals surface area (Å²) >= 11 is 22.7. The van der Waals surface area contributed by atoms with Crippen LogP contribution in [0, 0.1) is 2.88 Å². The predicted octanol–water partition coefficient (Wildman–Crippen LogP) is 6.80. The van der Waals surface area contributed by atoms with E-state index in [1.165, 1.54) is 26.2 Å². The lowest BCUT2D eigenvalue weighted by Gasteiger charge is -2.25. The highest BCUT2D eigenvalue weighted by Gasteiger charge is 2.24. The number of hydrogen-bond acceptors (Lipinski definition) is 2. The first kappa shape index (κ1) is 15.2. The lowest BCUT2D eigenvalue weighted by molar-refractivity contribution is 0.609. The van der Waals surface area contributed by atoms with Crippen molar-refractivity contribution in [2.24, 2.45) is 0 Å². The van der Waals surface area contributed by atoms with Crippen LogP contribution >= 0.6 is 68.7 Å². The molecule has 1 unspecified atom stereocenters. The van der Waals surface area contributed by atoms with Crippen LogP contribution in [0.4, 0.5) is 5.69 Å². The van der Waals surface area contributed by atoms with Crippen molar-refractivity contribution >= 4 is 74.4 Å². The third kappa shape index (κ3) is 3.07. The van der Waals surface area contributed by atoms with Crippen molar-refractivity contribution in [3.8, 4) is 0 Å². The van der Waals surface area contributed by atoms with Crippen LogP contribution in [0.5, 0.6) is 0 Å². The zero-order valence-electron chi connectivity index (χ0n) is 10.4. The standard InChI is InChI=1S/C14H11Cl3INS/c15-7-4-9(16)14(10(17)5-7)19-11-2-1-3-12-8(11)6-13(18)20-12/h4-6,11,19H,1-3H2. The summed E-state index contributed by atoms with van der Waals surface area (Å²) in [5.41, 5.74) is 2.16. The molecule has 106 valence electrons. The average molecular weight is 459 g/mol. The van der Waals surface area contributed by atoms with Gasteiger partial charge in [-0.15, -0.1) is 11.3 Å². The number of benzene rings is 1. The topological polar surface area (TPSA) is 12.0 Å². The molecule has 6 heteroatoms. The molecule has 0 saturated heterocycles. The van der Waals surface area contributed by atoms with Gasteiger partial charge in [0.2, 0.25) is 0 Å². The summed E-state index contributed by atoms with van der Waals surface area (Å²) in [4.78, 5) is 1.47. The maximum atomic E-state index is 6.26. The minimum Gasteiger partial charge on any atom is -0.376 e. The smallest absolute Gasteiger partial charge is 0.0724 e. The molecule has 1 N–H and O–H groups in total. The second kappa shape index (κ2) is 6.21. The van der Waals surface area contributed by atoms with Gasteiger partial charge < -0.3 is 5.32 Å². The fourth-order valence-electron chi connectivity index (χ4n) is 2.53. The highest BCUT2D eigenvalue weighted by Crippen LogP contribution is 2.41. The van der Waals surface area contributed by atoms with E-state index in [-0.39, 0.29) is 6.04 Å². The Labute approximate surface area is 150 Å². The lowest BCUT2D eigenvalue weighted by Crippen LogP contribution is -2.16. The van der Waals surface area contributed by atoms with E-state index in [4.69, 9.17) is 34.8 Å². The number of hydrogen-bond donors (Lipinski definition) is 1. The van der Waals surface area contributed by atoms with Gasteiger partial charge in [0, 0.05) is 9.90 Å². The van der Waals surface area contributed by atoms with Crippen molar-refractivity contribution in [2.45, 2.75) is 25.3 Å². The highest BCUT2D eigenvalue weighted by atomic mass is 127. The number of fused-ring (bicyclic) bond motifs is 1. The largest absolute Gasteiger partial charge is 0.376 e. The van der Waals surface area contributed by atoms with Gasteiger partial charge in [0.25, 0.3) is 0 Å². The zero-order valence-corrected chi connectivity index (χ0v) is 15.6. The molecule has 20 heavy (non-hydrogen) atoms. The van der Waals surface area contributed by atoms with E-state index in [1.807, 2.05) is 11.3 Å². The number of nitrogens with one attached hydrogen (secondary N) is 1. The highest BCUT2D eigenvalue weighted by molar-refractivity contribution is 14.1. The number of aryl methyl sites for hydroxylation is 1. The van der Waals surface area contributed by atoms with E-state index in [0.717, 1.165) is 12.1 Å². The lowest BCUT2D eigenvalue weighted by atomic mass is 9.94. The van der Waals surface area contributed by atoms with Crippen LogP contribution in [0.3, 0.4) is 0 Å². The molecule has 3 rings (SSSR count). The molecule has 1 aromatic heterocycles. The molecule has 0 radical (unpaired) electrons. The van der Waals surface area contributed by atoms with Gasteiger partial charge in [0.15, 0.2) is 0 Å². The minimum absolute atomic E-state index is 0.273. The van der Waals surface area contributed by atoms with Crippen molar-refractivity contribution in [2.75, 3.05) is 5.32 Å². The Kier molecular flexibility index (Phi) is 4.73. The van der Waals surface area contributed by atoms with Gasteiger partial charge in [-0.1, -0.05) is 34.8 Å². The fraction of sp³-hybridized carbons (Fsp3) is 0.286. The summed E-state index contributed by atoms with van der Waals surface area (Å²) in [6.45, 7) is 0. The van der Waals surface area contributed by atoms with Gasteiger partial charge in [-0.05, 0) is 65.6 Å². The second-order valence-electron chi connectivity index (χ2n) is 4.76. The van der Waals surface area contributed by atoms with E-state index >= 15 is 0 Å². The summed E-state index contributed by atoms with van der Waals surface area (Å²) in [5.74, 6) is 0. The number of anilines is 1. The summed E-state index contributed by atoms with van der Waals surface area (Å²) in [5, 5.41) is 5.19. The molecule has 0 aliphatic heterocycles. The number of halogens is 4. The molecular formula is C14H11Cl3INS. The zero-order chi connectivity index (χ0) is 14.3. The van der Waals surface area contributed by atoms with Gasteiger partial charge in [0.05, 0.1) is 24.7 Å². The Bertz CT molecular complexity index is 633. The van der Waals surface area contributed by atoms with Crippen molar-refractivity contribution in [3.63, 3.8) is 0 Å². The van der Waals surface area contributed by atoms with Gasteiger partial charge in [0.1, 0.15) is 0 Å². The van der Waals surface area contributed by atoms with Crippen LogP contribution in [0.25, 0.3) is 0 Å². The molecule has 0 amide bonds. The predicted molar refractivity (Wildman–Crippen MR) is 97.8 cm³/mol. The van der Waals surface area contributed by atoms with E-state index in [2.05, 4.69) is 34.0 Å². The summed E-state index contributed by atoms with van der Waals surface area (Å²) in [7, 11) is 0. The average Bonchev–Trinajstić information content (AvgIpc) is 2.74. The molecular weight excluding hydrogens is 447 g/mol. The fourth-order valence-corrected chi connectivity index (χ4v) is 5.57. The van der Waals surface area contributed by atoms with Crippen LogP contribution in [0.2, 0.25) is 15.1 Å². The van der Waals surface area contributed by atoms with E-state index in [9.17, 15) is 0 Å². The van der Waals surface area contributed by atoms with Crippen molar-refractivity contribution in [3.05, 3.63) is 46.6 Å². The molecule has 0 spiro atoms.